The van der Waals surface area contributed by atoms with E-state index in [0.717, 1.165) is 6.42 Å². The molecule has 1 aliphatic rings. The number of rotatable bonds is 5. The van der Waals surface area contributed by atoms with Crippen LogP contribution in [-0.4, -0.2) is 45.8 Å². The molecule has 1 rings (SSSR count). The van der Waals surface area contributed by atoms with Crippen molar-refractivity contribution < 1.29 is 14.7 Å². The number of carboxylic acid groups (broad SMARTS) is 1. The van der Waals surface area contributed by atoms with Crippen LogP contribution in [0.15, 0.2) is 5.10 Å². The zero-order valence-electron chi connectivity index (χ0n) is 9.70. The Kier molecular flexibility index (Phi) is 5.27. The van der Waals surface area contributed by atoms with Crippen LogP contribution in [0.3, 0.4) is 0 Å². The Morgan fingerprint density at radius 1 is 1.71 bits per heavy atom. The lowest BCUT2D eigenvalue weighted by atomic mass is 10.1. The smallest absolute Gasteiger partial charge is 0.326 e. The first kappa shape index (κ1) is 13.8. The van der Waals surface area contributed by atoms with Crippen LogP contribution in [0.2, 0.25) is 0 Å². The number of nitrogens with zero attached hydrogens (tertiary/aromatic N) is 2. The van der Waals surface area contributed by atoms with Crippen molar-refractivity contribution >= 4 is 29.2 Å². The fourth-order valence-electron chi connectivity index (χ4n) is 1.87. The number of amides is 1. The van der Waals surface area contributed by atoms with Gasteiger partial charge in [0.2, 0.25) is 5.91 Å². The number of nitrogens with two attached hydrogens (primary N) is 1. The third-order valence-electron chi connectivity index (χ3n) is 2.72. The summed E-state index contributed by atoms with van der Waals surface area (Å²) in [5.74, 6) is 4.26. The van der Waals surface area contributed by atoms with Crippen LogP contribution in [0.25, 0.3) is 0 Å². The van der Waals surface area contributed by atoms with Crippen molar-refractivity contribution in [1.82, 2.24) is 4.90 Å². The van der Waals surface area contributed by atoms with Gasteiger partial charge in [-0.15, -0.1) is 11.8 Å². The highest BCUT2D eigenvalue weighted by Gasteiger charge is 2.35. The molecule has 0 spiro atoms. The summed E-state index contributed by atoms with van der Waals surface area (Å²) < 4.78 is 0. The minimum Gasteiger partial charge on any atom is -0.480 e. The summed E-state index contributed by atoms with van der Waals surface area (Å²) in [4.78, 5) is 24.5. The fraction of sp³-hybridized carbons (Fsp3) is 0.700. The highest BCUT2D eigenvalue weighted by molar-refractivity contribution is 8.12. The van der Waals surface area contributed by atoms with Crippen molar-refractivity contribution in [2.24, 2.45) is 16.9 Å². The van der Waals surface area contributed by atoms with E-state index >= 15 is 0 Å². The number of hydrogen-bond acceptors (Lipinski definition) is 5. The minimum atomic E-state index is -0.917. The molecule has 0 aromatic heterocycles. The number of carbonyl (C=O) groups is 2. The SMILES string of the molecule is CC(CSC=NN)C(=O)N1CCCC1C(=O)O. The van der Waals surface area contributed by atoms with Crippen LogP contribution >= 0.6 is 11.8 Å². The molecule has 0 saturated carbocycles. The van der Waals surface area contributed by atoms with Crippen LogP contribution < -0.4 is 5.84 Å². The topological polar surface area (TPSA) is 96.0 Å². The average Bonchev–Trinajstić information content (AvgIpc) is 2.77. The Morgan fingerprint density at radius 2 is 2.41 bits per heavy atom. The number of likely N-dealkylation sites (tertiary alicyclic amines) is 1. The molecule has 0 radical (unpaired) electrons. The average molecular weight is 259 g/mol. The van der Waals surface area contributed by atoms with Crippen molar-refractivity contribution in [3.8, 4) is 0 Å². The third kappa shape index (κ3) is 3.62. The normalized spacial score (nSPS) is 21.9. The van der Waals surface area contributed by atoms with Gasteiger partial charge in [0.15, 0.2) is 0 Å². The van der Waals surface area contributed by atoms with E-state index in [2.05, 4.69) is 5.10 Å². The van der Waals surface area contributed by atoms with Gasteiger partial charge in [-0.3, -0.25) is 4.79 Å². The van der Waals surface area contributed by atoms with Gasteiger partial charge >= 0.3 is 5.97 Å². The van der Waals surface area contributed by atoms with Gasteiger partial charge in [0.1, 0.15) is 6.04 Å². The Hall–Kier alpha value is -1.24. The summed E-state index contributed by atoms with van der Waals surface area (Å²) >= 11 is 1.35. The van der Waals surface area contributed by atoms with Crippen molar-refractivity contribution in [3.05, 3.63) is 0 Å². The second kappa shape index (κ2) is 6.48. The van der Waals surface area contributed by atoms with Crippen molar-refractivity contribution in [2.75, 3.05) is 12.3 Å². The largest absolute Gasteiger partial charge is 0.480 e. The highest BCUT2D eigenvalue weighted by Crippen LogP contribution is 2.21. The maximum absolute atomic E-state index is 12.0. The number of hydrazone groups is 1. The van der Waals surface area contributed by atoms with Crippen LogP contribution in [0.4, 0.5) is 0 Å². The van der Waals surface area contributed by atoms with Gasteiger partial charge in [0.05, 0.1) is 5.55 Å². The van der Waals surface area contributed by atoms with E-state index < -0.39 is 12.0 Å². The van der Waals surface area contributed by atoms with E-state index in [1.165, 1.54) is 22.2 Å². The van der Waals surface area contributed by atoms with Crippen LogP contribution in [0.5, 0.6) is 0 Å². The van der Waals surface area contributed by atoms with Gasteiger partial charge in [-0.1, -0.05) is 6.92 Å². The molecule has 7 heteroatoms. The van der Waals surface area contributed by atoms with Gasteiger partial charge in [-0.25, -0.2) is 4.79 Å². The van der Waals surface area contributed by atoms with E-state index in [1.54, 1.807) is 6.92 Å². The molecule has 2 atom stereocenters. The molecular weight excluding hydrogens is 242 g/mol. The maximum Gasteiger partial charge on any atom is 0.326 e. The maximum atomic E-state index is 12.0. The molecule has 0 aromatic carbocycles. The fourth-order valence-corrected chi connectivity index (χ4v) is 2.48. The Labute approximate surface area is 104 Å². The minimum absolute atomic E-state index is 0.104. The van der Waals surface area contributed by atoms with E-state index in [1.807, 2.05) is 0 Å². The van der Waals surface area contributed by atoms with Crippen LogP contribution in [0.1, 0.15) is 19.8 Å². The molecule has 17 heavy (non-hydrogen) atoms. The highest BCUT2D eigenvalue weighted by atomic mass is 32.2. The number of carbonyl (C=O) groups excluding carboxylic acids is 1. The monoisotopic (exact) mass is 259 g/mol. The first-order valence-electron chi connectivity index (χ1n) is 5.44. The summed E-state index contributed by atoms with van der Waals surface area (Å²) in [6.45, 7) is 2.33. The summed E-state index contributed by atoms with van der Waals surface area (Å²) in [6.07, 6.45) is 1.30. The molecule has 1 amide bonds. The molecular formula is C10H17N3O3S. The number of aliphatic carboxylic acids is 1. The summed E-state index contributed by atoms with van der Waals surface area (Å²) in [5, 5.41) is 12.3. The van der Waals surface area contributed by atoms with Crippen LogP contribution in [0, 0.1) is 5.92 Å². The molecule has 3 N–H and O–H groups in total. The van der Waals surface area contributed by atoms with Crippen molar-refractivity contribution in [3.63, 3.8) is 0 Å². The van der Waals surface area contributed by atoms with Gasteiger partial charge in [-0.05, 0) is 12.8 Å². The number of hydrogen-bond donors (Lipinski definition) is 2. The predicted octanol–water partition coefficient (Wildman–Crippen LogP) is 0.333. The zero-order chi connectivity index (χ0) is 12.8. The molecule has 96 valence electrons. The summed E-state index contributed by atoms with van der Waals surface area (Å²) in [6, 6.07) is -0.655. The summed E-state index contributed by atoms with van der Waals surface area (Å²) in [5.41, 5.74) is 1.47. The Balaban J connectivity index is 2.53. The summed E-state index contributed by atoms with van der Waals surface area (Å²) in [7, 11) is 0. The lowest BCUT2D eigenvalue weighted by Crippen LogP contribution is -2.43. The lowest BCUT2D eigenvalue weighted by Gasteiger charge is -2.24. The first-order valence-corrected chi connectivity index (χ1v) is 6.49. The quantitative estimate of drug-likeness (QED) is 0.321. The number of thioether (sulfide) groups is 1. The van der Waals surface area contributed by atoms with Gasteiger partial charge < -0.3 is 15.8 Å². The Morgan fingerprint density at radius 3 is 3.00 bits per heavy atom. The second-order valence-electron chi connectivity index (χ2n) is 4.02. The van der Waals surface area contributed by atoms with E-state index in [4.69, 9.17) is 10.9 Å². The van der Waals surface area contributed by atoms with Gasteiger partial charge in [0, 0.05) is 18.2 Å². The van der Waals surface area contributed by atoms with Gasteiger partial charge in [0.25, 0.3) is 0 Å². The number of carboxylic acids is 1. The zero-order valence-corrected chi connectivity index (χ0v) is 10.5. The molecule has 1 aliphatic heterocycles. The van der Waals surface area contributed by atoms with E-state index in [0.29, 0.717) is 18.7 Å². The first-order chi connectivity index (χ1) is 8.07. The van der Waals surface area contributed by atoms with Gasteiger partial charge in [-0.2, -0.15) is 5.10 Å². The van der Waals surface area contributed by atoms with Crippen LogP contribution in [-0.2, 0) is 9.59 Å². The molecule has 1 heterocycles. The standard InChI is InChI=1S/C10H17N3O3S/c1-7(5-17-6-12-11)9(14)13-4-2-3-8(13)10(15)16/h6-8H,2-5,11H2,1H3,(H,15,16). The molecule has 0 aliphatic carbocycles. The van der Waals surface area contributed by atoms with E-state index in [-0.39, 0.29) is 11.8 Å². The molecule has 1 fully saturated rings. The lowest BCUT2D eigenvalue weighted by molar-refractivity contribution is -0.149. The third-order valence-corrected chi connectivity index (χ3v) is 3.69. The van der Waals surface area contributed by atoms with E-state index in [9.17, 15) is 9.59 Å². The molecule has 6 nitrogen and oxygen atoms in total. The molecule has 0 bridgehead atoms. The molecule has 0 aromatic rings. The molecule has 2 unspecified atom stereocenters. The molecule has 1 saturated heterocycles. The van der Waals surface area contributed by atoms with Crippen molar-refractivity contribution in [2.45, 2.75) is 25.8 Å². The predicted molar refractivity (Wildman–Crippen MR) is 66.7 cm³/mol. The van der Waals surface area contributed by atoms with Crippen molar-refractivity contribution in [1.29, 1.82) is 0 Å². The second-order valence-corrected chi connectivity index (χ2v) is 4.89. The Bertz CT molecular complexity index is 322.